The second-order valence-electron chi connectivity index (χ2n) is 6.04. The summed E-state index contributed by atoms with van der Waals surface area (Å²) in [7, 11) is 0. The van der Waals surface area contributed by atoms with Crippen LogP contribution in [-0.4, -0.2) is 4.57 Å². The molecule has 4 rings (SSSR count). The maximum absolute atomic E-state index is 6.07. The molecule has 1 aromatic heterocycles. The lowest BCUT2D eigenvalue weighted by Gasteiger charge is -2.26. The van der Waals surface area contributed by atoms with Crippen LogP contribution in [0.5, 0.6) is 0 Å². The van der Waals surface area contributed by atoms with E-state index in [1.165, 1.54) is 41.3 Å². The standard InChI is InChI=1S/C19H20N2/c20-18-9-4-10-19-17(18)11-12-21(19)13-15-7-3-6-14-5-1-2-8-16(14)15/h1-2,4-5,8-12,15H,3,6-7,13,20H2. The molecule has 2 N–H and O–H groups in total. The number of hydrogen-bond donors (Lipinski definition) is 1. The molecule has 1 aliphatic carbocycles. The van der Waals surface area contributed by atoms with Gasteiger partial charge in [-0.15, -0.1) is 0 Å². The number of benzene rings is 2. The first-order valence-electron chi connectivity index (χ1n) is 7.74. The van der Waals surface area contributed by atoms with Gasteiger partial charge in [0.2, 0.25) is 0 Å². The van der Waals surface area contributed by atoms with Crippen molar-refractivity contribution in [2.24, 2.45) is 0 Å². The summed E-state index contributed by atoms with van der Waals surface area (Å²) in [4.78, 5) is 0. The van der Waals surface area contributed by atoms with Crippen LogP contribution in [0.2, 0.25) is 0 Å². The first-order valence-corrected chi connectivity index (χ1v) is 7.74. The van der Waals surface area contributed by atoms with Crippen molar-refractivity contribution < 1.29 is 0 Å². The molecule has 0 radical (unpaired) electrons. The summed E-state index contributed by atoms with van der Waals surface area (Å²) in [6.07, 6.45) is 5.98. The zero-order chi connectivity index (χ0) is 14.2. The van der Waals surface area contributed by atoms with E-state index >= 15 is 0 Å². The molecule has 106 valence electrons. The minimum absolute atomic E-state index is 0.618. The highest BCUT2D eigenvalue weighted by Crippen LogP contribution is 2.34. The number of hydrogen-bond acceptors (Lipinski definition) is 1. The monoisotopic (exact) mass is 276 g/mol. The van der Waals surface area contributed by atoms with E-state index in [2.05, 4.69) is 47.2 Å². The fraction of sp³-hybridized carbons (Fsp3) is 0.263. The Morgan fingerprint density at radius 1 is 1.05 bits per heavy atom. The SMILES string of the molecule is Nc1cccc2c1ccn2CC1CCCc2ccccc21. The van der Waals surface area contributed by atoms with Crippen LogP contribution < -0.4 is 5.73 Å². The normalized spacial score (nSPS) is 17.8. The molecule has 0 spiro atoms. The molecular formula is C19H20N2. The Hall–Kier alpha value is -2.22. The highest BCUT2D eigenvalue weighted by Gasteiger charge is 2.20. The molecule has 0 saturated heterocycles. The predicted octanol–water partition coefficient (Wildman–Crippen LogP) is 4.34. The average Bonchev–Trinajstić information content (AvgIpc) is 2.92. The lowest BCUT2D eigenvalue weighted by Crippen LogP contribution is -2.15. The van der Waals surface area contributed by atoms with Crippen LogP contribution in [0.4, 0.5) is 5.69 Å². The number of rotatable bonds is 2. The van der Waals surface area contributed by atoms with E-state index in [4.69, 9.17) is 5.73 Å². The van der Waals surface area contributed by atoms with E-state index in [0.717, 1.165) is 12.2 Å². The maximum Gasteiger partial charge on any atom is 0.0501 e. The average molecular weight is 276 g/mol. The zero-order valence-electron chi connectivity index (χ0n) is 12.1. The van der Waals surface area contributed by atoms with Crippen molar-refractivity contribution in [3.8, 4) is 0 Å². The maximum atomic E-state index is 6.07. The van der Waals surface area contributed by atoms with Gasteiger partial charge in [0.25, 0.3) is 0 Å². The summed E-state index contributed by atoms with van der Waals surface area (Å²) in [5, 5.41) is 1.17. The molecule has 0 bridgehead atoms. The molecule has 0 amide bonds. The van der Waals surface area contributed by atoms with Gasteiger partial charge in [-0.25, -0.2) is 0 Å². The van der Waals surface area contributed by atoms with Crippen molar-refractivity contribution in [2.45, 2.75) is 31.7 Å². The Morgan fingerprint density at radius 2 is 1.95 bits per heavy atom. The molecule has 3 aromatic rings. The minimum Gasteiger partial charge on any atom is -0.398 e. The van der Waals surface area contributed by atoms with Gasteiger partial charge in [0.15, 0.2) is 0 Å². The molecule has 1 atom stereocenters. The molecule has 1 unspecified atom stereocenters. The summed E-state index contributed by atoms with van der Waals surface area (Å²) in [6, 6.07) is 17.2. The van der Waals surface area contributed by atoms with Crippen LogP contribution in [0.3, 0.4) is 0 Å². The third-order valence-electron chi connectivity index (χ3n) is 4.76. The fourth-order valence-electron chi connectivity index (χ4n) is 3.69. The van der Waals surface area contributed by atoms with Crippen LogP contribution in [-0.2, 0) is 13.0 Å². The molecule has 1 aliphatic rings. The lowest BCUT2D eigenvalue weighted by atomic mass is 9.83. The first kappa shape index (κ1) is 12.5. The molecule has 2 aromatic carbocycles. The predicted molar refractivity (Wildman–Crippen MR) is 88.5 cm³/mol. The fourth-order valence-corrected chi connectivity index (χ4v) is 3.69. The van der Waals surface area contributed by atoms with Crippen molar-refractivity contribution in [3.05, 3.63) is 65.9 Å². The summed E-state index contributed by atoms with van der Waals surface area (Å²) < 4.78 is 2.36. The summed E-state index contributed by atoms with van der Waals surface area (Å²) in [5.41, 5.74) is 11.3. The van der Waals surface area contributed by atoms with Crippen molar-refractivity contribution in [1.29, 1.82) is 0 Å². The number of nitrogens with zero attached hydrogens (tertiary/aromatic N) is 1. The molecule has 0 saturated carbocycles. The van der Waals surface area contributed by atoms with Crippen molar-refractivity contribution >= 4 is 16.6 Å². The number of anilines is 1. The molecule has 0 fully saturated rings. The van der Waals surface area contributed by atoms with E-state index in [-0.39, 0.29) is 0 Å². The second kappa shape index (κ2) is 4.96. The summed E-state index contributed by atoms with van der Waals surface area (Å²) in [5.74, 6) is 0.618. The Balaban J connectivity index is 1.71. The van der Waals surface area contributed by atoms with Crippen molar-refractivity contribution in [1.82, 2.24) is 4.57 Å². The Kier molecular flexibility index (Phi) is 2.95. The van der Waals surface area contributed by atoms with E-state index < -0.39 is 0 Å². The van der Waals surface area contributed by atoms with Crippen LogP contribution in [0.25, 0.3) is 10.9 Å². The number of nitrogens with two attached hydrogens (primary N) is 1. The molecule has 1 heterocycles. The third-order valence-corrected chi connectivity index (χ3v) is 4.76. The van der Waals surface area contributed by atoms with Gasteiger partial charge in [0.1, 0.15) is 0 Å². The Labute approximate surface area is 125 Å². The van der Waals surface area contributed by atoms with Gasteiger partial charge < -0.3 is 10.3 Å². The van der Waals surface area contributed by atoms with E-state index in [9.17, 15) is 0 Å². The van der Waals surface area contributed by atoms with Crippen LogP contribution >= 0.6 is 0 Å². The largest absolute Gasteiger partial charge is 0.398 e. The van der Waals surface area contributed by atoms with Crippen molar-refractivity contribution in [3.63, 3.8) is 0 Å². The number of fused-ring (bicyclic) bond motifs is 2. The summed E-state index contributed by atoms with van der Waals surface area (Å²) >= 11 is 0. The molecule has 21 heavy (non-hydrogen) atoms. The molecule has 2 heteroatoms. The first-order chi connectivity index (χ1) is 10.3. The van der Waals surface area contributed by atoms with Gasteiger partial charge in [-0.2, -0.15) is 0 Å². The number of nitrogen functional groups attached to an aromatic ring is 1. The molecule has 2 nitrogen and oxygen atoms in total. The second-order valence-corrected chi connectivity index (χ2v) is 6.04. The quantitative estimate of drug-likeness (QED) is 0.693. The van der Waals surface area contributed by atoms with E-state index in [0.29, 0.717) is 5.92 Å². The van der Waals surface area contributed by atoms with Gasteiger partial charge in [0.05, 0.1) is 5.52 Å². The van der Waals surface area contributed by atoms with Gasteiger partial charge in [-0.05, 0) is 48.6 Å². The van der Waals surface area contributed by atoms with Crippen LogP contribution in [0, 0.1) is 0 Å². The van der Waals surface area contributed by atoms with Gasteiger partial charge >= 0.3 is 0 Å². The summed E-state index contributed by atoms with van der Waals surface area (Å²) in [6.45, 7) is 1.05. The highest BCUT2D eigenvalue weighted by atomic mass is 15.0. The highest BCUT2D eigenvalue weighted by molar-refractivity contribution is 5.91. The van der Waals surface area contributed by atoms with E-state index in [1.54, 1.807) is 0 Å². The number of aromatic nitrogens is 1. The third kappa shape index (κ3) is 2.11. The van der Waals surface area contributed by atoms with Gasteiger partial charge in [-0.3, -0.25) is 0 Å². The minimum atomic E-state index is 0.618. The van der Waals surface area contributed by atoms with E-state index in [1.807, 2.05) is 12.1 Å². The zero-order valence-corrected chi connectivity index (χ0v) is 12.1. The topological polar surface area (TPSA) is 30.9 Å². The lowest BCUT2D eigenvalue weighted by molar-refractivity contribution is 0.490. The smallest absolute Gasteiger partial charge is 0.0501 e. The van der Waals surface area contributed by atoms with Crippen LogP contribution in [0.1, 0.15) is 29.9 Å². The van der Waals surface area contributed by atoms with Gasteiger partial charge in [0, 0.05) is 29.7 Å². The van der Waals surface area contributed by atoms with Crippen LogP contribution in [0.15, 0.2) is 54.7 Å². The molecule has 0 aliphatic heterocycles. The van der Waals surface area contributed by atoms with Crippen molar-refractivity contribution in [2.75, 3.05) is 5.73 Å². The Morgan fingerprint density at radius 3 is 2.90 bits per heavy atom. The molecular weight excluding hydrogens is 256 g/mol. The van der Waals surface area contributed by atoms with Gasteiger partial charge in [-0.1, -0.05) is 30.3 Å². The Bertz CT molecular complexity index is 785. The number of aryl methyl sites for hydroxylation is 1.